The highest BCUT2D eigenvalue weighted by atomic mass is 14.2. The second-order valence-corrected chi connectivity index (χ2v) is 7.08. The van der Waals surface area contributed by atoms with Crippen molar-refractivity contribution in [2.24, 2.45) is 0 Å². The van der Waals surface area contributed by atoms with E-state index in [9.17, 15) is 0 Å². The first-order chi connectivity index (χ1) is 14.4. The molecule has 0 unspecified atom stereocenters. The summed E-state index contributed by atoms with van der Waals surface area (Å²) in [4.78, 5) is 0. The Bertz CT molecular complexity index is 1300. The lowest BCUT2D eigenvalue weighted by Crippen LogP contribution is -1.93. The van der Waals surface area contributed by atoms with Crippen LogP contribution < -0.4 is 0 Å². The molecule has 134 valence electrons. The molecule has 0 radical (unpaired) electrons. The van der Waals surface area contributed by atoms with Gasteiger partial charge < -0.3 is 0 Å². The molecule has 0 nitrogen and oxygen atoms in total. The molecule has 1 aliphatic rings. The highest BCUT2D eigenvalue weighted by Crippen LogP contribution is 2.39. The molecule has 0 atom stereocenters. The van der Waals surface area contributed by atoms with Gasteiger partial charge in [-0.1, -0.05) is 90.4 Å². The third-order valence-electron chi connectivity index (χ3n) is 5.21. The smallest absolute Gasteiger partial charge is 0.0447 e. The number of hydrogen-bond acceptors (Lipinski definition) is 0. The SMILES string of the molecule is C(#Cc1ccc2c(c1C#Cc1ccccc1)Cc1ccccc1-2)c1ccccc1. The van der Waals surface area contributed by atoms with Crippen molar-refractivity contribution in [1.82, 2.24) is 0 Å². The Hall–Kier alpha value is -4.00. The average molecular weight is 366 g/mol. The molecule has 4 aromatic rings. The predicted octanol–water partition coefficient (Wildman–Crippen LogP) is 6.06. The van der Waals surface area contributed by atoms with Crippen LogP contribution in [0, 0.1) is 23.7 Å². The molecule has 0 fully saturated rings. The summed E-state index contributed by atoms with van der Waals surface area (Å²) in [6.45, 7) is 0. The minimum Gasteiger partial charge on any atom is -0.0622 e. The second kappa shape index (κ2) is 7.55. The Morgan fingerprint density at radius 1 is 0.483 bits per heavy atom. The topological polar surface area (TPSA) is 0 Å². The van der Waals surface area contributed by atoms with Gasteiger partial charge in [-0.2, -0.15) is 0 Å². The van der Waals surface area contributed by atoms with Gasteiger partial charge >= 0.3 is 0 Å². The zero-order chi connectivity index (χ0) is 19.5. The second-order valence-electron chi connectivity index (χ2n) is 7.08. The molecule has 0 N–H and O–H groups in total. The Balaban J connectivity index is 1.65. The van der Waals surface area contributed by atoms with E-state index in [0.29, 0.717) is 0 Å². The molecule has 29 heavy (non-hydrogen) atoms. The zero-order valence-corrected chi connectivity index (χ0v) is 15.9. The van der Waals surface area contributed by atoms with Gasteiger partial charge in [0.2, 0.25) is 0 Å². The maximum absolute atomic E-state index is 3.45. The number of rotatable bonds is 0. The summed E-state index contributed by atoms with van der Waals surface area (Å²) >= 11 is 0. The molecule has 5 rings (SSSR count). The molecule has 0 aliphatic heterocycles. The van der Waals surface area contributed by atoms with E-state index in [0.717, 1.165) is 28.7 Å². The fourth-order valence-electron chi connectivity index (χ4n) is 3.78. The van der Waals surface area contributed by atoms with Crippen molar-refractivity contribution in [3.8, 4) is 34.8 Å². The van der Waals surface area contributed by atoms with Gasteiger partial charge in [0.25, 0.3) is 0 Å². The number of fused-ring (bicyclic) bond motifs is 3. The molecule has 4 aromatic carbocycles. The lowest BCUT2D eigenvalue weighted by Gasteiger charge is -2.06. The highest BCUT2D eigenvalue weighted by Gasteiger charge is 2.21. The molecule has 0 saturated carbocycles. The molecule has 0 amide bonds. The van der Waals surface area contributed by atoms with Crippen LogP contribution >= 0.6 is 0 Å². The lowest BCUT2D eigenvalue weighted by atomic mass is 9.96. The Morgan fingerprint density at radius 2 is 1.10 bits per heavy atom. The van der Waals surface area contributed by atoms with Crippen LogP contribution in [0.2, 0.25) is 0 Å². The van der Waals surface area contributed by atoms with Gasteiger partial charge in [-0.05, 0) is 59.0 Å². The summed E-state index contributed by atoms with van der Waals surface area (Å²) in [7, 11) is 0. The van der Waals surface area contributed by atoms with Crippen molar-refractivity contribution < 1.29 is 0 Å². The van der Waals surface area contributed by atoms with Crippen molar-refractivity contribution in [2.45, 2.75) is 6.42 Å². The third-order valence-corrected chi connectivity index (χ3v) is 5.21. The summed E-state index contributed by atoms with van der Waals surface area (Å²) in [6.07, 6.45) is 0.908. The summed E-state index contributed by atoms with van der Waals surface area (Å²) < 4.78 is 0. The maximum Gasteiger partial charge on any atom is 0.0447 e. The van der Waals surface area contributed by atoms with Gasteiger partial charge in [0.1, 0.15) is 0 Å². The van der Waals surface area contributed by atoms with E-state index in [4.69, 9.17) is 0 Å². The van der Waals surface area contributed by atoms with Crippen molar-refractivity contribution in [1.29, 1.82) is 0 Å². The van der Waals surface area contributed by atoms with E-state index >= 15 is 0 Å². The van der Waals surface area contributed by atoms with E-state index in [1.54, 1.807) is 0 Å². The van der Waals surface area contributed by atoms with Crippen LogP contribution in [0.5, 0.6) is 0 Å². The molecule has 0 aromatic heterocycles. The molecule has 0 spiro atoms. The Morgan fingerprint density at radius 3 is 1.83 bits per heavy atom. The Labute approximate surface area is 171 Å². The summed E-state index contributed by atoms with van der Waals surface area (Å²) in [5, 5.41) is 0. The minimum atomic E-state index is 0.908. The fourth-order valence-corrected chi connectivity index (χ4v) is 3.78. The van der Waals surface area contributed by atoms with Gasteiger partial charge in [0, 0.05) is 22.3 Å². The zero-order valence-electron chi connectivity index (χ0n) is 15.9. The van der Waals surface area contributed by atoms with Gasteiger partial charge in [-0.25, -0.2) is 0 Å². The van der Waals surface area contributed by atoms with Crippen LogP contribution in [0.4, 0.5) is 0 Å². The summed E-state index contributed by atoms with van der Waals surface area (Å²) in [5.74, 6) is 13.5. The van der Waals surface area contributed by atoms with Crippen molar-refractivity contribution in [3.63, 3.8) is 0 Å². The Kier molecular flexibility index (Phi) is 4.46. The molecule has 0 saturated heterocycles. The normalized spacial score (nSPS) is 10.8. The van der Waals surface area contributed by atoms with E-state index in [-0.39, 0.29) is 0 Å². The summed E-state index contributed by atoms with van der Waals surface area (Å²) in [6, 6.07) is 33.2. The lowest BCUT2D eigenvalue weighted by molar-refractivity contribution is 1.25. The monoisotopic (exact) mass is 366 g/mol. The largest absolute Gasteiger partial charge is 0.0622 e. The van der Waals surface area contributed by atoms with Crippen LogP contribution in [0.3, 0.4) is 0 Å². The average Bonchev–Trinajstić information content (AvgIpc) is 3.17. The maximum atomic E-state index is 3.45. The van der Waals surface area contributed by atoms with Crippen molar-refractivity contribution >= 4 is 0 Å². The van der Waals surface area contributed by atoms with E-state index in [2.05, 4.69) is 60.1 Å². The first-order valence-electron chi connectivity index (χ1n) is 9.77. The van der Waals surface area contributed by atoms with E-state index < -0.39 is 0 Å². The van der Waals surface area contributed by atoms with Crippen molar-refractivity contribution in [3.05, 3.63) is 130 Å². The van der Waals surface area contributed by atoms with Gasteiger partial charge in [-0.3, -0.25) is 0 Å². The fraction of sp³-hybridized carbons (Fsp3) is 0.0345. The molecule has 0 heterocycles. The van der Waals surface area contributed by atoms with Gasteiger partial charge in [0.15, 0.2) is 0 Å². The van der Waals surface area contributed by atoms with E-state index in [1.807, 2.05) is 60.7 Å². The van der Waals surface area contributed by atoms with E-state index in [1.165, 1.54) is 22.3 Å². The molecular formula is C29H18. The number of benzene rings is 4. The first kappa shape index (κ1) is 17.1. The standard InChI is InChI=1S/C29H18/c1-3-9-22(10-4-1)15-17-24-18-20-28-26-14-8-7-13-25(26)21-29(28)27(24)19-16-23-11-5-2-6-12-23/h1-14,18,20H,21H2. The molecular weight excluding hydrogens is 348 g/mol. The van der Waals surface area contributed by atoms with Crippen LogP contribution in [-0.4, -0.2) is 0 Å². The van der Waals surface area contributed by atoms with Crippen molar-refractivity contribution in [2.75, 3.05) is 0 Å². The van der Waals surface area contributed by atoms with Gasteiger partial charge in [-0.15, -0.1) is 0 Å². The third kappa shape index (κ3) is 3.45. The quantitative estimate of drug-likeness (QED) is 0.292. The highest BCUT2D eigenvalue weighted by molar-refractivity contribution is 5.81. The van der Waals surface area contributed by atoms with Crippen LogP contribution in [0.1, 0.15) is 33.4 Å². The molecule has 1 aliphatic carbocycles. The summed E-state index contributed by atoms with van der Waals surface area (Å²) in [5.41, 5.74) is 9.31. The predicted molar refractivity (Wildman–Crippen MR) is 120 cm³/mol. The van der Waals surface area contributed by atoms with Crippen LogP contribution in [-0.2, 0) is 6.42 Å². The molecule has 0 bridgehead atoms. The first-order valence-corrected chi connectivity index (χ1v) is 9.77. The van der Waals surface area contributed by atoms with Crippen LogP contribution in [0.15, 0.2) is 97.1 Å². The molecule has 0 heteroatoms. The minimum absolute atomic E-state index is 0.908. The van der Waals surface area contributed by atoms with Gasteiger partial charge in [0.05, 0.1) is 0 Å². The van der Waals surface area contributed by atoms with Crippen LogP contribution in [0.25, 0.3) is 11.1 Å². The number of hydrogen-bond donors (Lipinski definition) is 0.